The Balaban J connectivity index is 2.05. The number of hydrogen-bond acceptors (Lipinski definition) is 4. The molecule has 0 unspecified atom stereocenters. The third-order valence-corrected chi connectivity index (χ3v) is 5.28. The van der Waals surface area contributed by atoms with E-state index in [-0.39, 0.29) is 23.6 Å². The number of rotatable bonds is 0. The van der Waals surface area contributed by atoms with Gasteiger partial charge in [-0.1, -0.05) is 12.5 Å². The van der Waals surface area contributed by atoms with Gasteiger partial charge in [0.25, 0.3) is 0 Å². The first-order valence-electron chi connectivity index (χ1n) is 7.00. The number of aliphatic hydroxyl groups is 1. The molecule has 0 aromatic rings. The van der Waals surface area contributed by atoms with Gasteiger partial charge in [-0.2, -0.15) is 0 Å². The molecule has 1 heterocycles. The Morgan fingerprint density at radius 3 is 2.63 bits per heavy atom. The van der Waals surface area contributed by atoms with Gasteiger partial charge in [0.1, 0.15) is 11.7 Å². The van der Waals surface area contributed by atoms with Crippen molar-refractivity contribution in [2.24, 2.45) is 17.8 Å². The number of ether oxygens (including phenoxy) is 1. The highest BCUT2D eigenvalue weighted by molar-refractivity contribution is 5.99. The maximum absolute atomic E-state index is 12.1. The lowest BCUT2D eigenvalue weighted by molar-refractivity contribution is -0.144. The normalized spacial score (nSPS) is 45.9. The molecule has 1 aliphatic heterocycles. The van der Waals surface area contributed by atoms with Gasteiger partial charge in [0.05, 0.1) is 5.92 Å². The Kier molecular flexibility index (Phi) is 2.65. The fraction of sp³-hybridized carbons (Fsp3) is 0.733. The molecular formula is C15H20O4. The molecule has 1 saturated carbocycles. The van der Waals surface area contributed by atoms with Crippen LogP contribution in [-0.2, 0) is 14.3 Å². The van der Waals surface area contributed by atoms with E-state index in [0.29, 0.717) is 19.3 Å². The van der Waals surface area contributed by atoms with Crippen molar-refractivity contribution < 1.29 is 19.4 Å². The lowest BCUT2D eigenvalue weighted by Gasteiger charge is -2.31. The Morgan fingerprint density at radius 2 is 1.95 bits per heavy atom. The maximum atomic E-state index is 12.1. The molecule has 19 heavy (non-hydrogen) atoms. The van der Waals surface area contributed by atoms with Crippen molar-refractivity contribution in [1.82, 2.24) is 0 Å². The highest BCUT2D eigenvalue weighted by atomic mass is 16.6. The SMILES string of the molecule is CC1=C2C(=O)C[C@H](C)[C@@H]2C[C@]2(O)[C@H](C)C(=O)O[C@@H]2C1. The number of hydrogen-bond donors (Lipinski definition) is 1. The van der Waals surface area contributed by atoms with E-state index in [1.54, 1.807) is 6.92 Å². The molecule has 104 valence electrons. The summed E-state index contributed by atoms with van der Waals surface area (Å²) in [6.45, 7) is 5.71. The van der Waals surface area contributed by atoms with Crippen LogP contribution >= 0.6 is 0 Å². The quantitative estimate of drug-likeness (QED) is 0.675. The van der Waals surface area contributed by atoms with Gasteiger partial charge in [-0.3, -0.25) is 9.59 Å². The largest absolute Gasteiger partial charge is 0.459 e. The molecule has 3 aliphatic rings. The van der Waals surface area contributed by atoms with Gasteiger partial charge in [-0.15, -0.1) is 0 Å². The van der Waals surface area contributed by atoms with Gasteiger partial charge < -0.3 is 9.84 Å². The van der Waals surface area contributed by atoms with Crippen molar-refractivity contribution in [2.75, 3.05) is 0 Å². The predicted octanol–water partition coefficient (Wildman–Crippen LogP) is 1.61. The van der Waals surface area contributed by atoms with Crippen molar-refractivity contribution in [3.63, 3.8) is 0 Å². The number of carbonyl (C=O) groups excluding carboxylic acids is 2. The minimum atomic E-state index is -1.12. The molecule has 0 amide bonds. The summed E-state index contributed by atoms with van der Waals surface area (Å²) >= 11 is 0. The number of carbonyl (C=O) groups is 2. The average Bonchev–Trinajstić information content (AvgIpc) is 2.65. The summed E-state index contributed by atoms with van der Waals surface area (Å²) in [4.78, 5) is 23.8. The van der Waals surface area contributed by atoms with Gasteiger partial charge in [-0.25, -0.2) is 0 Å². The van der Waals surface area contributed by atoms with Crippen molar-refractivity contribution in [3.8, 4) is 0 Å². The van der Waals surface area contributed by atoms with Crippen molar-refractivity contribution >= 4 is 11.8 Å². The third kappa shape index (κ3) is 1.62. The second kappa shape index (κ2) is 3.92. The number of ketones is 1. The number of esters is 1. The fourth-order valence-corrected chi connectivity index (χ4v) is 3.99. The zero-order valence-electron chi connectivity index (χ0n) is 11.6. The number of Topliss-reactive ketones (excluding diaryl/α,β-unsaturated/α-hetero) is 1. The molecule has 2 aliphatic carbocycles. The van der Waals surface area contributed by atoms with Crippen LogP contribution in [0, 0.1) is 17.8 Å². The molecular weight excluding hydrogens is 244 g/mol. The van der Waals surface area contributed by atoms with Crippen LogP contribution in [0.4, 0.5) is 0 Å². The van der Waals surface area contributed by atoms with Gasteiger partial charge in [-0.05, 0) is 37.7 Å². The summed E-state index contributed by atoms with van der Waals surface area (Å²) in [5.41, 5.74) is 0.754. The van der Waals surface area contributed by atoms with Gasteiger partial charge in [0.2, 0.25) is 0 Å². The monoisotopic (exact) mass is 264 g/mol. The standard InChI is InChI=1S/C15H20O4/c1-7-4-11(16)13-8(2)5-12-15(18,6-10(7)13)9(3)14(17)19-12/h7,9-10,12,18H,4-6H2,1-3H3/t7-,9+,10-,12+,15-/m0/s1. The summed E-state index contributed by atoms with van der Waals surface area (Å²) < 4.78 is 5.33. The van der Waals surface area contributed by atoms with Crippen LogP contribution < -0.4 is 0 Å². The van der Waals surface area contributed by atoms with Gasteiger partial charge >= 0.3 is 5.97 Å². The molecule has 0 radical (unpaired) electrons. The van der Waals surface area contributed by atoms with E-state index >= 15 is 0 Å². The zero-order chi connectivity index (χ0) is 13.9. The Labute approximate surface area is 112 Å². The minimum absolute atomic E-state index is 0.0689. The van der Waals surface area contributed by atoms with Crippen LogP contribution in [-0.4, -0.2) is 28.6 Å². The van der Waals surface area contributed by atoms with E-state index in [9.17, 15) is 14.7 Å². The highest BCUT2D eigenvalue weighted by Crippen LogP contribution is 2.50. The minimum Gasteiger partial charge on any atom is -0.459 e. The second-order valence-corrected chi connectivity index (χ2v) is 6.45. The zero-order valence-corrected chi connectivity index (χ0v) is 11.6. The molecule has 1 saturated heterocycles. The first-order chi connectivity index (χ1) is 8.84. The molecule has 0 aromatic heterocycles. The van der Waals surface area contributed by atoms with Crippen LogP contribution in [0.2, 0.25) is 0 Å². The van der Waals surface area contributed by atoms with E-state index in [0.717, 1.165) is 11.1 Å². The second-order valence-electron chi connectivity index (χ2n) is 6.45. The molecule has 0 spiro atoms. The van der Waals surface area contributed by atoms with E-state index in [1.807, 2.05) is 6.92 Å². The van der Waals surface area contributed by atoms with Crippen molar-refractivity contribution in [2.45, 2.75) is 51.7 Å². The van der Waals surface area contributed by atoms with E-state index in [1.165, 1.54) is 0 Å². The third-order valence-electron chi connectivity index (χ3n) is 5.28. The molecule has 3 rings (SSSR count). The number of fused-ring (bicyclic) bond motifs is 2. The van der Waals surface area contributed by atoms with Crippen molar-refractivity contribution in [1.29, 1.82) is 0 Å². The highest BCUT2D eigenvalue weighted by Gasteiger charge is 2.58. The van der Waals surface area contributed by atoms with Gasteiger partial charge in [0, 0.05) is 12.8 Å². The van der Waals surface area contributed by atoms with Crippen molar-refractivity contribution in [3.05, 3.63) is 11.1 Å². The molecule has 0 bridgehead atoms. The Morgan fingerprint density at radius 1 is 1.26 bits per heavy atom. The summed E-state index contributed by atoms with van der Waals surface area (Å²) in [7, 11) is 0. The molecule has 4 heteroatoms. The summed E-state index contributed by atoms with van der Waals surface area (Å²) in [5.74, 6) is -0.312. The summed E-state index contributed by atoms with van der Waals surface area (Å²) in [5, 5.41) is 10.9. The number of allylic oxidation sites excluding steroid dienone is 1. The molecule has 5 atom stereocenters. The first-order valence-corrected chi connectivity index (χ1v) is 7.00. The van der Waals surface area contributed by atoms with E-state index in [4.69, 9.17) is 4.74 Å². The average molecular weight is 264 g/mol. The topological polar surface area (TPSA) is 63.6 Å². The van der Waals surface area contributed by atoms with Crippen LogP contribution in [0.5, 0.6) is 0 Å². The van der Waals surface area contributed by atoms with Crippen LogP contribution in [0.15, 0.2) is 11.1 Å². The van der Waals surface area contributed by atoms with Crippen LogP contribution in [0.25, 0.3) is 0 Å². The van der Waals surface area contributed by atoms with Gasteiger partial charge in [0.15, 0.2) is 5.78 Å². The van der Waals surface area contributed by atoms with Crippen LogP contribution in [0.1, 0.15) is 40.0 Å². The lowest BCUT2D eigenvalue weighted by atomic mass is 9.77. The van der Waals surface area contributed by atoms with E-state index in [2.05, 4.69) is 6.92 Å². The first kappa shape index (κ1) is 12.9. The smallest absolute Gasteiger partial charge is 0.312 e. The Hall–Kier alpha value is -1.16. The maximum Gasteiger partial charge on any atom is 0.312 e. The summed E-state index contributed by atoms with van der Waals surface area (Å²) in [6.07, 6.45) is 1.01. The molecule has 4 nitrogen and oxygen atoms in total. The predicted molar refractivity (Wildman–Crippen MR) is 68.2 cm³/mol. The Bertz CT molecular complexity index is 492. The fourth-order valence-electron chi connectivity index (χ4n) is 3.99. The van der Waals surface area contributed by atoms with Crippen LogP contribution in [0.3, 0.4) is 0 Å². The van der Waals surface area contributed by atoms with E-state index < -0.39 is 17.6 Å². The molecule has 2 fully saturated rings. The molecule has 1 N–H and O–H groups in total. The lowest BCUT2D eigenvalue weighted by Crippen LogP contribution is -2.44. The molecule has 0 aromatic carbocycles. The summed E-state index contributed by atoms with van der Waals surface area (Å²) in [6, 6.07) is 0.